The van der Waals surface area contributed by atoms with Crippen LogP contribution in [0.2, 0.25) is 0 Å². The van der Waals surface area contributed by atoms with E-state index in [4.69, 9.17) is 22.5 Å². The molecule has 13 rings (SSSR count). The third kappa shape index (κ3) is 5.01. The Morgan fingerprint density at radius 2 is 0.800 bits per heavy atom. The Kier molecular flexibility index (Phi) is 3.81. The molecule has 2 nitrogen and oxygen atoms in total. The molecule has 11 aromatic carbocycles. The highest BCUT2D eigenvalue weighted by Gasteiger charge is 2.19. The first-order valence-electron chi connectivity index (χ1n) is 30.2. The first kappa shape index (κ1) is 17.9. The first-order chi connectivity index (χ1) is 39.3. The van der Waals surface area contributed by atoms with Crippen LogP contribution in [0.5, 0.6) is 0 Å². The van der Waals surface area contributed by atoms with Gasteiger partial charge < -0.3 is 8.83 Å². The Balaban J connectivity index is 1.10. The average Bonchev–Trinajstić information content (AvgIpc) is 2.27. The third-order valence-electron chi connectivity index (χ3n) is 10.8. The van der Waals surface area contributed by atoms with Crippen molar-refractivity contribution in [1.29, 1.82) is 0 Å². The number of hydrogen-bond acceptors (Lipinski definition) is 2. The van der Waals surface area contributed by atoms with Gasteiger partial charge in [-0.3, -0.25) is 0 Å². The summed E-state index contributed by atoms with van der Waals surface area (Å²) in [5.41, 5.74) is -2.39. The lowest BCUT2D eigenvalue weighted by Gasteiger charge is -2.18. The molecule has 0 aliphatic carbocycles. The minimum atomic E-state index is -0.925. The molecule has 60 heavy (non-hydrogen) atoms. The predicted molar refractivity (Wildman–Crippen MR) is 253 cm³/mol. The molecule has 0 unspecified atom stereocenters. The molecule has 0 saturated carbocycles. The van der Waals surface area contributed by atoms with Crippen molar-refractivity contribution in [2.45, 2.75) is 0 Å². The molecular weight excluding hydrogens is 729 g/mol. The van der Waals surface area contributed by atoms with E-state index in [0.717, 1.165) is 21.9 Å². The monoisotopic (exact) mass is 785 g/mol. The lowest BCUT2D eigenvalue weighted by Crippen LogP contribution is -1.91. The van der Waals surface area contributed by atoms with Crippen LogP contribution in [0.4, 0.5) is 0 Å². The van der Waals surface area contributed by atoms with Gasteiger partial charge in [0, 0.05) is 21.5 Å². The summed E-state index contributed by atoms with van der Waals surface area (Å²) in [5, 5.41) is -1.57. The summed E-state index contributed by atoms with van der Waals surface area (Å²) in [6, 6.07) is 3.13. The molecule has 2 heterocycles. The zero-order valence-corrected chi connectivity index (χ0v) is 30.7. The van der Waals surface area contributed by atoms with Gasteiger partial charge >= 0.3 is 0 Å². The second-order valence-corrected chi connectivity index (χ2v) is 14.2. The molecule has 0 aliphatic heterocycles. The fourth-order valence-electron chi connectivity index (χ4n) is 8.11. The molecule has 0 fully saturated rings. The summed E-state index contributed by atoms with van der Waals surface area (Å²) in [6.45, 7) is 0. The summed E-state index contributed by atoms with van der Waals surface area (Å²) in [6.07, 6.45) is 0. The lowest BCUT2D eigenvalue weighted by atomic mass is 9.85. The van der Waals surface area contributed by atoms with E-state index in [1.807, 2.05) is 42.5 Å². The van der Waals surface area contributed by atoms with Crippen LogP contribution in [0, 0.1) is 0 Å². The zero-order chi connectivity index (χ0) is 59.3. The standard InChI is InChI=1S/C58H34O2/c1-2-10-38-31-39(22-19-35(38)9-1)36-17-20-37(21-18-36)55-45-11-3-5-13-47(45)56(48-14-6-4-12-46(48)55)44-26-25-40-32-41(23-24-42(40)33-44)43-27-28-50-54(34-43)60-53-30-29-52-57(58(50)53)49-15-7-8-16-51(49)59-52/h1-34H/i3D,4D,5D,6D,7D,8D,11D,12D,13D,14D,15D,16D,23D,24D,25D,26D,27D,28D,29D,30D,32D,33D,34D. The topological polar surface area (TPSA) is 26.3 Å². The number of fused-ring (bicyclic) bond motifs is 11. The summed E-state index contributed by atoms with van der Waals surface area (Å²) >= 11 is 0. The Morgan fingerprint density at radius 3 is 1.50 bits per heavy atom. The van der Waals surface area contributed by atoms with Gasteiger partial charge in [0.25, 0.3) is 0 Å². The number of furan rings is 2. The summed E-state index contributed by atoms with van der Waals surface area (Å²) in [4.78, 5) is 0. The van der Waals surface area contributed by atoms with Crippen molar-refractivity contribution < 1.29 is 40.4 Å². The van der Waals surface area contributed by atoms with Gasteiger partial charge in [-0.2, -0.15) is 0 Å². The molecule has 2 heteroatoms. The average molecular weight is 786 g/mol. The molecule has 0 radical (unpaired) electrons. The Bertz CT molecular complexity index is 5160. The molecular formula is C58H34O2. The van der Waals surface area contributed by atoms with Crippen LogP contribution < -0.4 is 0 Å². The summed E-state index contributed by atoms with van der Waals surface area (Å²) in [5.74, 6) is 0. The molecule has 2 aromatic heterocycles. The van der Waals surface area contributed by atoms with Crippen molar-refractivity contribution in [1.82, 2.24) is 0 Å². The minimum Gasteiger partial charge on any atom is -0.456 e. The van der Waals surface area contributed by atoms with Gasteiger partial charge in [0.15, 0.2) is 0 Å². The van der Waals surface area contributed by atoms with Crippen molar-refractivity contribution in [3.63, 3.8) is 0 Å². The van der Waals surface area contributed by atoms with Crippen LogP contribution in [-0.4, -0.2) is 0 Å². The van der Waals surface area contributed by atoms with Crippen LogP contribution in [-0.2, 0) is 0 Å². The molecule has 0 bridgehead atoms. The van der Waals surface area contributed by atoms with E-state index in [1.165, 1.54) is 0 Å². The van der Waals surface area contributed by atoms with E-state index >= 15 is 0 Å². The number of hydrogen-bond donors (Lipinski definition) is 0. The molecule has 0 atom stereocenters. The molecule has 0 spiro atoms. The molecule has 278 valence electrons. The fraction of sp³-hybridized carbons (Fsp3) is 0. The molecule has 13 aromatic rings. The van der Waals surface area contributed by atoms with Crippen LogP contribution in [0.1, 0.15) is 31.5 Å². The van der Waals surface area contributed by atoms with Gasteiger partial charge in [-0.1, -0.05) is 157 Å². The zero-order valence-electron chi connectivity index (χ0n) is 53.7. The Labute approximate surface area is 377 Å². The van der Waals surface area contributed by atoms with Crippen LogP contribution in [0.3, 0.4) is 0 Å². The smallest absolute Gasteiger partial charge is 0.136 e. The van der Waals surface area contributed by atoms with Gasteiger partial charge in [0.1, 0.15) is 22.3 Å². The molecule has 0 N–H and O–H groups in total. The quantitative estimate of drug-likeness (QED) is 0.166. The Hall–Kier alpha value is -7.94. The maximum absolute atomic E-state index is 9.90. The van der Waals surface area contributed by atoms with E-state index in [1.54, 1.807) is 24.3 Å². The van der Waals surface area contributed by atoms with Crippen molar-refractivity contribution in [2.24, 2.45) is 0 Å². The summed E-state index contributed by atoms with van der Waals surface area (Å²) in [7, 11) is 0. The van der Waals surface area contributed by atoms with Crippen LogP contribution in [0.15, 0.2) is 215 Å². The van der Waals surface area contributed by atoms with Gasteiger partial charge in [-0.05, 0) is 136 Å². The lowest BCUT2D eigenvalue weighted by molar-refractivity contribution is 0.663. The minimum absolute atomic E-state index is 0.0393. The van der Waals surface area contributed by atoms with E-state index in [-0.39, 0.29) is 54.6 Å². The van der Waals surface area contributed by atoms with Crippen molar-refractivity contribution in [3.8, 4) is 44.5 Å². The van der Waals surface area contributed by atoms with Gasteiger partial charge in [-0.15, -0.1) is 0 Å². The van der Waals surface area contributed by atoms with Gasteiger partial charge in [0.05, 0.1) is 31.5 Å². The second kappa shape index (κ2) is 12.8. The first-order valence-corrected chi connectivity index (χ1v) is 18.7. The van der Waals surface area contributed by atoms with Crippen molar-refractivity contribution >= 4 is 87.0 Å². The molecule has 0 aliphatic rings. The molecule has 0 saturated heterocycles. The van der Waals surface area contributed by atoms with E-state index in [0.29, 0.717) is 0 Å². The maximum atomic E-state index is 9.90. The second-order valence-electron chi connectivity index (χ2n) is 14.2. The maximum Gasteiger partial charge on any atom is 0.136 e. The number of rotatable bonds is 4. The van der Waals surface area contributed by atoms with Crippen molar-refractivity contribution in [2.75, 3.05) is 0 Å². The van der Waals surface area contributed by atoms with Crippen LogP contribution >= 0.6 is 0 Å². The van der Waals surface area contributed by atoms with Gasteiger partial charge in [0.2, 0.25) is 0 Å². The number of benzene rings is 11. The van der Waals surface area contributed by atoms with E-state index in [9.17, 15) is 17.8 Å². The highest BCUT2D eigenvalue weighted by molar-refractivity contribution is 6.26. The van der Waals surface area contributed by atoms with Crippen LogP contribution in [0.25, 0.3) is 131 Å². The highest BCUT2D eigenvalue weighted by Crippen LogP contribution is 2.45. The van der Waals surface area contributed by atoms with Crippen molar-refractivity contribution in [3.05, 3.63) is 206 Å². The largest absolute Gasteiger partial charge is 0.456 e. The number of para-hydroxylation sites is 1. The molecule has 0 amide bonds. The highest BCUT2D eigenvalue weighted by atomic mass is 16.3. The van der Waals surface area contributed by atoms with E-state index in [2.05, 4.69) is 0 Å². The van der Waals surface area contributed by atoms with E-state index < -0.39 is 194 Å². The van der Waals surface area contributed by atoms with Gasteiger partial charge in [-0.25, -0.2) is 0 Å². The fourth-order valence-corrected chi connectivity index (χ4v) is 8.11. The SMILES string of the molecule is [2H]c1c([2H])c([2H])c2c(oc3c([2H])c([2H])c4oc5c([2H])c(-c6c([2H])c([2H])c7c([2H])c(-c8c9c([2H])c([2H])c([2H])c([2H])c9c(-c9ccc(-c%10ccc%11ccccc%11c%10)cc9)c9c([2H])c([2H])c([2H])c([2H])c89)c([2H])c([2H])c7c6[2H])c([2H])c([2H])c5c4c32)c1[2H]. The normalized spacial score (nSPS) is 17.4. The Morgan fingerprint density at radius 1 is 0.300 bits per heavy atom. The summed E-state index contributed by atoms with van der Waals surface area (Å²) < 4.78 is 223. The third-order valence-corrected chi connectivity index (χ3v) is 10.8. The predicted octanol–water partition coefficient (Wildman–Crippen LogP) is 16.8.